The first-order valence-corrected chi connectivity index (χ1v) is 4.15. The normalized spacial score (nSPS) is 10.9. The molecule has 0 bridgehead atoms. The Morgan fingerprint density at radius 2 is 2.00 bits per heavy atom. The molecule has 0 atom stereocenters. The van der Waals surface area contributed by atoms with Crippen LogP contribution >= 0.6 is 0 Å². The van der Waals surface area contributed by atoms with Crippen molar-refractivity contribution in [2.45, 2.75) is 13.8 Å². The number of benzene rings is 1. The van der Waals surface area contributed by atoms with E-state index in [4.69, 9.17) is 0 Å². The van der Waals surface area contributed by atoms with Gasteiger partial charge >= 0.3 is 0 Å². The number of hydrogen-bond acceptors (Lipinski definition) is 1. The van der Waals surface area contributed by atoms with Crippen LogP contribution in [0, 0.1) is 18.6 Å². The molecule has 1 aromatic rings. The second kappa shape index (κ2) is 4.13. The SMILES string of the molecule is CC(=O)/C=C/c1c(F)ccc(C)c1F. The molecule has 0 amide bonds. The fourth-order valence-electron chi connectivity index (χ4n) is 1.03. The predicted octanol–water partition coefficient (Wildman–Crippen LogP) is 2.88. The average Bonchev–Trinajstić information content (AvgIpc) is 2.11. The Labute approximate surface area is 81.1 Å². The molecule has 1 rings (SSSR count). The van der Waals surface area contributed by atoms with Crippen molar-refractivity contribution in [2.75, 3.05) is 0 Å². The van der Waals surface area contributed by atoms with Crippen molar-refractivity contribution in [3.8, 4) is 0 Å². The predicted molar refractivity (Wildman–Crippen MR) is 50.8 cm³/mol. The van der Waals surface area contributed by atoms with E-state index in [1.807, 2.05) is 0 Å². The number of hydrogen-bond donors (Lipinski definition) is 0. The molecule has 0 spiro atoms. The first-order chi connectivity index (χ1) is 6.52. The quantitative estimate of drug-likeness (QED) is 0.665. The van der Waals surface area contributed by atoms with E-state index in [9.17, 15) is 13.6 Å². The summed E-state index contributed by atoms with van der Waals surface area (Å²) in [5.41, 5.74) is 0.190. The zero-order chi connectivity index (χ0) is 10.7. The second-order valence-corrected chi connectivity index (χ2v) is 3.04. The molecule has 0 aliphatic carbocycles. The number of allylic oxidation sites excluding steroid dienone is 1. The fraction of sp³-hybridized carbons (Fsp3) is 0.182. The Morgan fingerprint density at radius 1 is 1.36 bits per heavy atom. The highest BCUT2D eigenvalue weighted by molar-refractivity contribution is 5.91. The Kier molecular flexibility index (Phi) is 3.12. The maximum Gasteiger partial charge on any atom is 0.152 e. The molecule has 0 fully saturated rings. The van der Waals surface area contributed by atoms with Crippen LogP contribution in [0.1, 0.15) is 18.1 Å². The summed E-state index contributed by atoms with van der Waals surface area (Å²) < 4.78 is 26.4. The molecule has 3 heteroatoms. The lowest BCUT2D eigenvalue weighted by atomic mass is 10.1. The largest absolute Gasteiger partial charge is 0.295 e. The maximum atomic E-state index is 13.3. The molecule has 1 nitrogen and oxygen atoms in total. The lowest BCUT2D eigenvalue weighted by Gasteiger charge is -2.01. The van der Waals surface area contributed by atoms with Gasteiger partial charge in [-0.3, -0.25) is 4.79 Å². The van der Waals surface area contributed by atoms with E-state index in [2.05, 4.69) is 0 Å². The van der Waals surface area contributed by atoms with E-state index in [0.717, 1.165) is 12.2 Å². The van der Waals surface area contributed by atoms with E-state index < -0.39 is 11.6 Å². The fourth-order valence-corrected chi connectivity index (χ4v) is 1.03. The van der Waals surface area contributed by atoms with Crippen LogP contribution in [0.15, 0.2) is 18.2 Å². The lowest BCUT2D eigenvalue weighted by Crippen LogP contribution is -1.92. The third-order valence-electron chi connectivity index (χ3n) is 1.80. The van der Waals surface area contributed by atoms with Crippen LogP contribution in [0.3, 0.4) is 0 Å². The summed E-state index contributed by atoms with van der Waals surface area (Å²) in [6, 6.07) is 2.54. The monoisotopic (exact) mass is 196 g/mol. The van der Waals surface area contributed by atoms with Gasteiger partial charge in [0.1, 0.15) is 11.6 Å². The Bertz CT molecular complexity index is 395. The first kappa shape index (κ1) is 10.6. The summed E-state index contributed by atoms with van der Waals surface area (Å²) in [6.07, 6.45) is 2.29. The lowest BCUT2D eigenvalue weighted by molar-refractivity contribution is -0.112. The van der Waals surface area contributed by atoms with Crippen LogP contribution < -0.4 is 0 Å². The third kappa shape index (κ3) is 2.25. The van der Waals surface area contributed by atoms with Crippen LogP contribution in [-0.4, -0.2) is 5.78 Å². The van der Waals surface area contributed by atoms with Crippen LogP contribution in [0.2, 0.25) is 0 Å². The first-order valence-electron chi connectivity index (χ1n) is 4.15. The van der Waals surface area contributed by atoms with Gasteiger partial charge in [-0.1, -0.05) is 6.07 Å². The highest BCUT2D eigenvalue weighted by Crippen LogP contribution is 2.17. The number of rotatable bonds is 2. The Balaban J connectivity index is 3.19. The summed E-state index contributed by atoms with van der Waals surface area (Å²) in [4.78, 5) is 10.6. The van der Waals surface area contributed by atoms with E-state index in [-0.39, 0.29) is 11.3 Å². The van der Waals surface area contributed by atoms with Crippen molar-refractivity contribution in [1.82, 2.24) is 0 Å². The molecule has 0 saturated carbocycles. The number of carbonyl (C=O) groups is 1. The molecule has 0 aromatic heterocycles. The van der Waals surface area contributed by atoms with Gasteiger partial charge in [-0.05, 0) is 37.6 Å². The number of halogens is 2. The molecule has 0 aliphatic rings. The van der Waals surface area contributed by atoms with E-state index >= 15 is 0 Å². The summed E-state index contributed by atoms with van der Waals surface area (Å²) in [5.74, 6) is -1.53. The zero-order valence-corrected chi connectivity index (χ0v) is 7.97. The van der Waals surface area contributed by atoms with Crippen LogP contribution in [0.25, 0.3) is 6.08 Å². The summed E-state index contributed by atoms with van der Waals surface area (Å²) in [7, 11) is 0. The smallest absolute Gasteiger partial charge is 0.152 e. The maximum absolute atomic E-state index is 13.3. The number of carbonyl (C=O) groups excluding carboxylic acids is 1. The van der Waals surface area contributed by atoms with Crippen LogP contribution in [-0.2, 0) is 4.79 Å². The second-order valence-electron chi connectivity index (χ2n) is 3.04. The Morgan fingerprint density at radius 3 is 2.57 bits per heavy atom. The minimum atomic E-state index is -0.661. The average molecular weight is 196 g/mol. The van der Waals surface area contributed by atoms with Gasteiger partial charge in [0.2, 0.25) is 0 Å². The highest BCUT2D eigenvalue weighted by Gasteiger charge is 2.07. The van der Waals surface area contributed by atoms with Crippen molar-refractivity contribution < 1.29 is 13.6 Å². The minimum Gasteiger partial charge on any atom is -0.295 e. The molecule has 0 aliphatic heterocycles. The number of aryl methyl sites for hydroxylation is 1. The summed E-state index contributed by atoms with van der Waals surface area (Å²) >= 11 is 0. The molecule has 74 valence electrons. The van der Waals surface area contributed by atoms with Gasteiger partial charge in [-0.15, -0.1) is 0 Å². The standard InChI is InChI=1S/C11H10F2O/c1-7-3-6-10(12)9(11(7)13)5-4-8(2)14/h3-6H,1-2H3/b5-4+. The van der Waals surface area contributed by atoms with Crippen molar-refractivity contribution in [3.63, 3.8) is 0 Å². The van der Waals surface area contributed by atoms with Gasteiger partial charge in [0, 0.05) is 5.56 Å². The van der Waals surface area contributed by atoms with Gasteiger partial charge in [0.25, 0.3) is 0 Å². The van der Waals surface area contributed by atoms with Crippen molar-refractivity contribution >= 4 is 11.9 Å². The molecule has 0 heterocycles. The van der Waals surface area contributed by atoms with Crippen molar-refractivity contribution in [2.24, 2.45) is 0 Å². The molecular weight excluding hydrogens is 186 g/mol. The van der Waals surface area contributed by atoms with Gasteiger partial charge < -0.3 is 0 Å². The summed E-state index contributed by atoms with van der Waals surface area (Å²) in [6.45, 7) is 2.86. The van der Waals surface area contributed by atoms with Gasteiger partial charge in [-0.25, -0.2) is 8.78 Å². The zero-order valence-electron chi connectivity index (χ0n) is 7.97. The van der Waals surface area contributed by atoms with Crippen LogP contribution in [0.5, 0.6) is 0 Å². The minimum absolute atomic E-state index is 0.166. The third-order valence-corrected chi connectivity index (χ3v) is 1.80. The van der Waals surface area contributed by atoms with Gasteiger partial charge in [0.05, 0.1) is 0 Å². The van der Waals surface area contributed by atoms with Gasteiger partial charge in [-0.2, -0.15) is 0 Å². The van der Waals surface area contributed by atoms with Crippen LogP contribution in [0.4, 0.5) is 8.78 Å². The van der Waals surface area contributed by atoms with Crippen molar-refractivity contribution in [1.29, 1.82) is 0 Å². The topological polar surface area (TPSA) is 17.1 Å². The van der Waals surface area contributed by atoms with E-state index in [1.165, 1.54) is 19.1 Å². The molecule has 0 N–H and O–H groups in total. The molecule has 14 heavy (non-hydrogen) atoms. The molecular formula is C11H10F2O. The highest BCUT2D eigenvalue weighted by atomic mass is 19.1. The molecule has 0 unspecified atom stereocenters. The Hall–Kier alpha value is -1.51. The summed E-state index contributed by atoms with van der Waals surface area (Å²) in [5, 5.41) is 0. The van der Waals surface area contributed by atoms with Gasteiger partial charge in [0.15, 0.2) is 5.78 Å². The van der Waals surface area contributed by atoms with Crippen molar-refractivity contribution in [3.05, 3.63) is 41.0 Å². The molecule has 1 aromatic carbocycles. The van der Waals surface area contributed by atoms with E-state index in [1.54, 1.807) is 6.92 Å². The molecule has 0 saturated heterocycles. The van der Waals surface area contributed by atoms with E-state index in [0.29, 0.717) is 5.56 Å². The molecule has 0 radical (unpaired) electrons. The number of ketones is 1.